The lowest BCUT2D eigenvalue weighted by atomic mass is 10.1. The van der Waals surface area contributed by atoms with E-state index in [0.29, 0.717) is 5.71 Å². The van der Waals surface area contributed by atoms with Gasteiger partial charge in [-0.1, -0.05) is 17.3 Å². The quantitative estimate of drug-likeness (QED) is 0.479. The van der Waals surface area contributed by atoms with Gasteiger partial charge in [-0.05, 0) is 42.8 Å². The van der Waals surface area contributed by atoms with E-state index in [1.165, 1.54) is 12.1 Å². The molecule has 0 saturated heterocycles. The van der Waals surface area contributed by atoms with Crippen LogP contribution >= 0.6 is 0 Å². The van der Waals surface area contributed by atoms with Crippen LogP contribution in [0.15, 0.2) is 53.7 Å². The molecule has 0 heterocycles. The molecule has 0 aliphatic heterocycles. The number of ether oxygens (including phenoxy) is 1. The lowest BCUT2D eigenvalue weighted by Gasteiger charge is -2.04. The van der Waals surface area contributed by atoms with Gasteiger partial charge in [0.2, 0.25) is 5.75 Å². The molecule has 0 amide bonds. The Morgan fingerprint density at radius 2 is 1.81 bits per heavy atom. The van der Waals surface area contributed by atoms with Crippen molar-refractivity contribution >= 4 is 11.4 Å². The zero-order valence-corrected chi connectivity index (χ0v) is 11.6. The van der Waals surface area contributed by atoms with Crippen molar-refractivity contribution in [2.24, 2.45) is 5.16 Å². The highest BCUT2D eigenvalue weighted by Crippen LogP contribution is 2.26. The first kappa shape index (κ1) is 14.5. The summed E-state index contributed by atoms with van der Waals surface area (Å²) in [6.07, 6.45) is 0. The minimum atomic E-state index is -0.506. The number of nitro groups is 1. The Bertz CT molecular complexity index is 666. The monoisotopic (exact) mass is 286 g/mol. The van der Waals surface area contributed by atoms with Gasteiger partial charge in [-0.25, -0.2) is 0 Å². The molecule has 0 radical (unpaired) electrons. The molecule has 108 valence electrons. The van der Waals surface area contributed by atoms with Crippen LogP contribution in [0.5, 0.6) is 11.5 Å². The molecule has 2 rings (SSSR count). The van der Waals surface area contributed by atoms with Crippen LogP contribution in [0.4, 0.5) is 5.69 Å². The maximum atomic E-state index is 10.9. The summed E-state index contributed by atoms with van der Waals surface area (Å²) in [6.45, 7) is 1.76. The Kier molecular flexibility index (Phi) is 4.50. The largest absolute Gasteiger partial charge is 0.497 e. The summed E-state index contributed by atoms with van der Waals surface area (Å²) < 4.78 is 5.07. The molecule has 0 atom stereocenters. The van der Waals surface area contributed by atoms with Gasteiger partial charge in [-0.2, -0.15) is 0 Å². The number of rotatable bonds is 5. The molecule has 0 N–H and O–H groups in total. The van der Waals surface area contributed by atoms with Gasteiger partial charge in [0.1, 0.15) is 5.75 Å². The van der Waals surface area contributed by atoms with Crippen LogP contribution in [0.3, 0.4) is 0 Å². The van der Waals surface area contributed by atoms with Crippen molar-refractivity contribution in [2.75, 3.05) is 7.11 Å². The average molecular weight is 286 g/mol. The van der Waals surface area contributed by atoms with Gasteiger partial charge < -0.3 is 9.57 Å². The van der Waals surface area contributed by atoms with E-state index in [4.69, 9.17) is 9.57 Å². The Morgan fingerprint density at radius 1 is 1.14 bits per heavy atom. The van der Waals surface area contributed by atoms with E-state index >= 15 is 0 Å². The highest BCUT2D eigenvalue weighted by molar-refractivity contribution is 5.98. The van der Waals surface area contributed by atoms with Gasteiger partial charge in [-0.15, -0.1) is 0 Å². The fourth-order valence-corrected chi connectivity index (χ4v) is 1.69. The lowest BCUT2D eigenvalue weighted by molar-refractivity contribution is -0.385. The van der Waals surface area contributed by atoms with Crippen molar-refractivity contribution in [2.45, 2.75) is 6.92 Å². The van der Waals surface area contributed by atoms with Crippen LogP contribution in [0.25, 0.3) is 0 Å². The van der Waals surface area contributed by atoms with Crippen LogP contribution in [0.2, 0.25) is 0 Å². The van der Waals surface area contributed by atoms with Gasteiger partial charge in [-0.3, -0.25) is 10.1 Å². The van der Waals surface area contributed by atoms with Crippen LogP contribution in [-0.2, 0) is 0 Å². The molecule has 0 aromatic heterocycles. The number of nitro benzene ring substituents is 1. The molecule has 0 unspecified atom stereocenters. The van der Waals surface area contributed by atoms with Crippen molar-refractivity contribution in [3.8, 4) is 11.5 Å². The predicted molar refractivity (Wildman–Crippen MR) is 78.9 cm³/mol. The summed E-state index contributed by atoms with van der Waals surface area (Å²) in [5.74, 6) is 0.849. The third-order valence-electron chi connectivity index (χ3n) is 2.85. The molecule has 21 heavy (non-hydrogen) atoms. The molecule has 6 heteroatoms. The fraction of sp³-hybridized carbons (Fsp3) is 0.133. The van der Waals surface area contributed by atoms with Crippen molar-refractivity contribution < 1.29 is 14.5 Å². The first-order chi connectivity index (χ1) is 10.1. The molecule has 0 aliphatic carbocycles. The molecule has 6 nitrogen and oxygen atoms in total. The summed E-state index contributed by atoms with van der Waals surface area (Å²) in [4.78, 5) is 15.6. The molecule has 2 aromatic rings. The summed E-state index contributed by atoms with van der Waals surface area (Å²) >= 11 is 0. The van der Waals surface area contributed by atoms with Gasteiger partial charge in [0.15, 0.2) is 0 Å². The van der Waals surface area contributed by atoms with Gasteiger partial charge in [0.05, 0.1) is 17.7 Å². The Balaban J connectivity index is 2.18. The smallest absolute Gasteiger partial charge is 0.314 e. The van der Waals surface area contributed by atoms with E-state index in [0.717, 1.165) is 11.3 Å². The number of methoxy groups -OCH3 is 1. The van der Waals surface area contributed by atoms with Gasteiger partial charge in [0, 0.05) is 6.07 Å². The average Bonchev–Trinajstić information content (AvgIpc) is 2.52. The second-order valence-corrected chi connectivity index (χ2v) is 4.22. The molecule has 0 bridgehead atoms. The maximum Gasteiger partial charge on any atom is 0.314 e. The van der Waals surface area contributed by atoms with Crippen LogP contribution in [-0.4, -0.2) is 17.7 Å². The minimum Gasteiger partial charge on any atom is -0.497 e. The van der Waals surface area contributed by atoms with Crippen molar-refractivity contribution in [1.29, 1.82) is 0 Å². The van der Waals surface area contributed by atoms with Crippen molar-refractivity contribution in [1.82, 2.24) is 0 Å². The summed E-state index contributed by atoms with van der Waals surface area (Å²) in [6, 6.07) is 13.4. The number of oxime groups is 1. The number of hydrogen-bond donors (Lipinski definition) is 0. The van der Waals surface area contributed by atoms with E-state index in [1.807, 2.05) is 12.1 Å². The molecular weight excluding hydrogens is 272 g/mol. The Labute approximate surface area is 121 Å². The number of benzene rings is 2. The lowest BCUT2D eigenvalue weighted by Crippen LogP contribution is -1.99. The van der Waals surface area contributed by atoms with Crippen LogP contribution in [0, 0.1) is 10.1 Å². The molecule has 2 aromatic carbocycles. The summed E-state index contributed by atoms with van der Waals surface area (Å²) in [7, 11) is 1.59. The minimum absolute atomic E-state index is 0.107. The Hall–Kier alpha value is -2.89. The highest BCUT2D eigenvalue weighted by Gasteiger charge is 2.14. The van der Waals surface area contributed by atoms with E-state index in [1.54, 1.807) is 38.3 Å². The topological polar surface area (TPSA) is 74.0 Å². The van der Waals surface area contributed by atoms with Crippen molar-refractivity contribution in [3.63, 3.8) is 0 Å². The number of hydrogen-bond acceptors (Lipinski definition) is 5. The summed E-state index contributed by atoms with van der Waals surface area (Å²) in [5, 5.41) is 14.8. The van der Waals surface area contributed by atoms with Crippen molar-refractivity contribution in [3.05, 3.63) is 64.2 Å². The van der Waals surface area contributed by atoms with Gasteiger partial charge >= 0.3 is 5.69 Å². The van der Waals surface area contributed by atoms with Crippen LogP contribution in [0.1, 0.15) is 12.5 Å². The Morgan fingerprint density at radius 3 is 2.43 bits per heavy atom. The second-order valence-electron chi connectivity index (χ2n) is 4.22. The fourth-order valence-electron chi connectivity index (χ4n) is 1.69. The zero-order chi connectivity index (χ0) is 15.2. The first-order valence-electron chi connectivity index (χ1n) is 6.21. The standard InChI is InChI=1S/C15H14N2O4/c1-11(12-7-9-13(20-2)10-8-12)16-21-15-6-4-3-5-14(15)17(18)19/h3-10H,1-2H3/b16-11-. The maximum absolute atomic E-state index is 10.9. The zero-order valence-electron chi connectivity index (χ0n) is 11.6. The van der Waals surface area contributed by atoms with E-state index in [9.17, 15) is 10.1 Å². The first-order valence-corrected chi connectivity index (χ1v) is 6.21. The molecule has 0 fully saturated rings. The van der Waals surface area contributed by atoms with Gasteiger partial charge in [0.25, 0.3) is 0 Å². The van der Waals surface area contributed by atoms with E-state index in [-0.39, 0.29) is 11.4 Å². The van der Waals surface area contributed by atoms with Crippen LogP contribution < -0.4 is 9.57 Å². The van der Waals surface area contributed by atoms with E-state index < -0.39 is 4.92 Å². The number of nitrogens with zero attached hydrogens (tertiary/aromatic N) is 2. The molecular formula is C15H14N2O4. The third kappa shape index (κ3) is 3.56. The summed E-state index contributed by atoms with van der Waals surface area (Å²) in [5.41, 5.74) is 1.33. The van der Waals surface area contributed by atoms with E-state index in [2.05, 4.69) is 5.16 Å². The second kappa shape index (κ2) is 6.51. The SMILES string of the molecule is COc1ccc(/C(C)=N\Oc2ccccc2[N+](=O)[O-])cc1. The molecule has 0 saturated carbocycles. The molecule has 0 aliphatic rings. The molecule has 0 spiro atoms. The normalized spacial score (nSPS) is 11.0. The third-order valence-corrected chi connectivity index (χ3v) is 2.85. The number of para-hydroxylation sites is 2. The predicted octanol–water partition coefficient (Wildman–Crippen LogP) is 3.41. The highest BCUT2D eigenvalue weighted by atomic mass is 16.6.